The number of hydrogen-bond donors (Lipinski definition) is 2. The molecule has 0 spiro atoms. The quantitative estimate of drug-likeness (QED) is 0.587. The number of hydrogen-bond acceptors (Lipinski definition) is 4. The minimum atomic E-state index is -0.346. The second kappa shape index (κ2) is 7.21. The van der Waals surface area contributed by atoms with E-state index in [-0.39, 0.29) is 29.3 Å². The number of aliphatic hydroxyl groups is 1. The molecule has 1 rings (SSSR count). The zero-order valence-electron chi connectivity index (χ0n) is 11.7. The van der Waals surface area contributed by atoms with Gasteiger partial charge in [-0.1, -0.05) is 12.1 Å². The van der Waals surface area contributed by atoms with Crippen LogP contribution >= 0.6 is 0 Å². The summed E-state index contributed by atoms with van der Waals surface area (Å²) in [4.78, 5) is 10.6. The van der Waals surface area contributed by atoms with Crippen LogP contribution in [0, 0.1) is 17.0 Å². The molecule has 0 radical (unpaired) electrons. The lowest BCUT2D eigenvalue weighted by Crippen LogP contribution is -2.29. The van der Waals surface area contributed by atoms with Crippen molar-refractivity contribution in [3.63, 3.8) is 0 Å². The van der Waals surface area contributed by atoms with Gasteiger partial charge in [0.1, 0.15) is 0 Å². The van der Waals surface area contributed by atoms with Gasteiger partial charge in [-0.3, -0.25) is 10.1 Å². The average Bonchev–Trinajstić information content (AvgIpc) is 2.36. The molecule has 5 nitrogen and oxygen atoms in total. The Morgan fingerprint density at radius 2 is 2.11 bits per heavy atom. The summed E-state index contributed by atoms with van der Waals surface area (Å²) in [5, 5.41) is 23.1. The van der Waals surface area contributed by atoms with Gasteiger partial charge in [0.15, 0.2) is 0 Å². The summed E-state index contributed by atoms with van der Waals surface area (Å²) in [5.41, 5.74) is 1.75. The van der Waals surface area contributed by atoms with Crippen molar-refractivity contribution in [3.8, 4) is 0 Å². The van der Waals surface area contributed by atoms with Crippen LogP contribution in [0.15, 0.2) is 18.2 Å². The van der Waals surface area contributed by atoms with Gasteiger partial charge in [-0.2, -0.15) is 0 Å². The summed E-state index contributed by atoms with van der Waals surface area (Å²) in [7, 11) is 0. The molecule has 0 saturated carbocycles. The lowest BCUT2D eigenvalue weighted by atomic mass is 10.0. The van der Waals surface area contributed by atoms with E-state index < -0.39 is 0 Å². The molecular weight excluding hydrogens is 244 g/mol. The predicted molar refractivity (Wildman–Crippen MR) is 75.2 cm³/mol. The SMILES string of the molecule is Cc1ccc(C(C)NC(C)CCCO)cc1[N+](=O)[O-]. The summed E-state index contributed by atoms with van der Waals surface area (Å²) in [6, 6.07) is 5.64. The lowest BCUT2D eigenvalue weighted by Gasteiger charge is -2.20. The van der Waals surface area contributed by atoms with E-state index in [1.54, 1.807) is 19.1 Å². The van der Waals surface area contributed by atoms with Crippen molar-refractivity contribution in [1.29, 1.82) is 0 Å². The fraction of sp³-hybridized carbons (Fsp3) is 0.571. The Balaban J connectivity index is 2.74. The number of benzene rings is 1. The Bertz CT molecular complexity index is 435. The summed E-state index contributed by atoms with van der Waals surface area (Å²) in [6.07, 6.45) is 1.64. The van der Waals surface area contributed by atoms with Crippen molar-refractivity contribution in [2.75, 3.05) is 6.61 Å². The Morgan fingerprint density at radius 1 is 1.42 bits per heavy atom. The number of aliphatic hydroxyl groups excluding tert-OH is 1. The van der Waals surface area contributed by atoms with Crippen LogP contribution in [-0.4, -0.2) is 22.7 Å². The smallest absolute Gasteiger partial charge is 0.272 e. The molecular formula is C14H22N2O3. The van der Waals surface area contributed by atoms with Crippen molar-refractivity contribution in [3.05, 3.63) is 39.4 Å². The molecule has 106 valence electrons. The van der Waals surface area contributed by atoms with Crippen LogP contribution in [0.3, 0.4) is 0 Å². The van der Waals surface area contributed by atoms with E-state index in [4.69, 9.17) is 5.11 Å². The summed E-state index contributed by atoms with van der Waals surface area (Å²) in [6.45, 7) is 5.97. The molecule has 0 aliphatic rings. The third kappa shape index (κ3) is 4.61. The first-order valence-corrected chi connectivity index (χ1v) is 6.57. The topological polar surface area (TPSA) is 75.4 Å². The molecule has 2 N–H and O–H groups in total. The second-order valence-corrected chi connectivity index (χ2v) is 4.96. The highest BCUT2D eigenvalue weighted by Crippen LogP contribution is 2.23. The Hall–Kier alpha value is -1.46. The minimum absolute atomic E-state index is 0.0491. The Labute approximate surface area is 113 Å². The highest BCUT2D eigenvalue weighted by Gasteiger charge is 2.15. The lowest BCUT2D eigenvalue weighted by molar-refractivity contribution is -0.385. The Morgan fingerprint density at radius 3 is 2.68 bits per heavy atom. The summed E-state index contributed by atoms with van der Waals surface area (Å²) in [5.74, 6) is 0. The van der Waals surface area contributed by atoms with E-state index >= 15 is 0 Å². The largest absolute Gasteiger partial charge is 0.396 e. The number of aryl methyl sites for hydroxylation is 1. The van der Waals surface area contributed by atoms with Crippen LogP contribution in [0.1, 0.15) is 43.9 Å². The van der Waals surface area contributed by atoms with Crippen LogP contribution in [0.5, 0.6) is 0 Å². The summed E-state index contributed by atoms with van der Waals surface area (Å²) >= 11 is 0. The van der Waals surface area contributed by atoms with Gasteiger partial charge >= 0.3 is 0 Å². The molecule has 0 saturated heterocycles. The molecule has 1 aromatic carbocycles. The Kier molecular flexibility index (Phi) is 5.92. The molecule has 0 aliphatic carbocycles. The molecule has 0 heterocycles. The average molecular weight is 266 g/mol. The minimum Gasteiger partial charge on any atom is -0.396 e. The predicted octanol–water partition coefficient (Wildman–Crippen LogP) is 2.71. The van der Waals surface area contributed by atoms with Crippen molar-refractivity contribution >= 4 is 5.69 Å². The first-order chi connectivity index (χ1) is 8.95. The van der Waals surface area contributed by atoms with E-state index in [2.05, 4.69) is 12.2 Å². The molecule has 0 amide bonds. The molecule has 5 heteroatoms. The molecule has 2 unspecified atom stereocenters. The standard InChI is InChI=1S/C14H22N2O3/c1-10-6-7-13(9-14(10)16(18)19)12(3)15-11(2)5-4-8-17/h6-7,9,11-12,15,17H,4-5,8H2,1-3H3. The van der Waals surface area contributed by atoms with Gasteiger partial charge in [-0.25, -0.2) is 0 Å². The molecule has 1 aromatic rings. The van der Waals surface area contributed by atoms with Gasteiger partial charge in [0, 0.05) is 30.3 Å². The third-order valence-electron chi connectivity index (χ3n) is 3.26. The number of nitrogens with one attached hydrogen (secondary N) is 1. The van der Waals surface area contributed by atoms with Gasteiger partial charge in [-0.05, 0) is 39.2 Å². The molecule has 0 aliphatic heterocycles. The zero-order chi connectivity index (χ0) is 14.4. The highest BCUT2D eigenvalue weighted by atomic mass is 16.6. The van der Waals surface area contributed by atoms with E-state index in [9.17, 15) is 10.1 Å². The third-order valence-corrected chi connectivity index (χ3v) is 3.26. The van der Waals surface area contributed by atoms with Crippen LogP contribution < -0.4 is 5.32 Å². The van der Waals surface area contributed by atoms with Crippen LogP contribution in [0.2, 0.25) is 0 Å². The van der Waals surface area contributed by atoms with Gasteiger partial charge < -0.3 is 10.4 Å². The van der Waals surface area contributed by atoms with Crippen molar-refractivity contribution in [2.45, 2.75) is 45.7 Å². The van der Waals surface area contributed by atoms with Crippen LogP contribution in [0.4, 0.5) is 5.69 Å². The normalized spacial score (nSPS) is 14.1. The maximum absolute atomic E-state index is 10.9. The molecule has 19 heavy (non-hydrogen) atoms. The van der Waals surface area contributed by atoms with E-state index in [1.807, 2.05) is 13.0 Å². The van der Waals surface area contributed by atoms with Gasteiger partial charge in [-0.15, -0.1) is 0 Å². The molecule has 2 atom stereocenters. The van der Waals surface area contributed by atoms with E-state index in [0.717, 1.165) is 18.4 Å². The number of nitro groups is 1. The molecule has 0 aromatic heterocycles. The highest BCUT2D eigenvalue weighted by molar-refractivity contribution is 5.43. The van der Waals surface area contributed by atoms with Gasteiger partial charge in [0.25, 0.3) is 5.69 Å². The van der Waals surface area contributed by atoms with Gasteiger partial charge in [0.2, 0.25) is 0 Å². The van der Waals surface area contributed by atoms with E-state index in [1.165, 1.54) is 0 Å². The molecule has 0 bridgehead atoms. The maximum Gasteiger partial charge on any atom is 0.272 e. The van der Waals surface area contributed by atoms with Crippen LogP contribution in [0.25, 0.3) is 0 Å². The second-order valence-electron chi connectivity index (χ2n) is 4.96. The van der Waals surface area contributed by atoms with Gasteiger partial charge in [0.05, 0.1) is 4.92 Å². The fourth-order valence-electron chi connectivity index (χ4n) is 2.10. The maximum atomic E-state index is 10.9. The van der Waals surface area contributed by atoms with Crippen molar-refractivity contribution < 1.29 is 10.0 Å². The first kappa shape index (κ1) is 15.6. The zero-order valence-corrected chi connectivity index (χ0v) is 11.7. The first-order valence-electron chi connectivity index (χ1n) is 6.57. The number of nitro benzene ring substituents is 1. The van der Waals surface area contributed by atoms with Crippen LogP contribution in [-0.2, 0) is 0 Å². The summed E-state index contributed by atoms with van der Waals surface area (Å²) < 4.78 is 0. The fourth-order valence-corrected chi connectivity index (χ4v) is 2.10. The molecule has 0 fully saturated rings. The van der Waals surface area contributed by atoms with E-state index in [0.29, 0.717) is 5.56 Å². The van der Waals surface area contributed by atoms with Crippen molar-refractivity contribution in [2.24, 2.45) is 0 Å². The number of rotatable bonds is 7. The monoisotopic (exact) mass is 266 g/mol. The number of nitrogens with zero attached hydrogens (tertiary/aromatic N) is 1. The van der Waals surface area contributed by atoms with Crippen molar-refractivity contribution in [1.82, 2.24) is 5.32 Å².